The number of carbonyl (C=O) groups excluding carboxylic acids is 2. The number of anilines is 1. The Morgan fingerprint density at radius 2 is 1.73 bits per heavy atom. The van der Waals surface area contributed by atoms with Crippen LogP contribution in [0.5, 0.6) is 0 Å². The molecule has 7 nitrogen and oxygen atoms in total. The molecular weight excluding hydrogens is 460 g/mol. The lowest BCUT2D eigenvalue weighted by Gasteiger charge is -2.27. The van der Waals surface area contributed by atoms with Gasteiger partial charge in [-0.05, 0) is 50.1 Å². The van der Waals surface area contributed by atoms with Gasteiger partial charge < -0.3 is 9.64 Å². The van der Waals surface area contributed by atoms with Crippen LogP contribution in [0, 0.1) is 13.8 Å². The Morgan fingerprint density at radius 1 is 1.06 bits per heavy atom. The molecule has 0 unspecified atom stereocenters. The van der Waals surface area contributed by atoms with Crippen LogP contribution < -0.4 is 4.72 Å². The van der Waals surface area contributed by atoms with Gasteiger partial charge >= 0.3 is 5.97 Å². The Labute approximate surface area is 197 Å². The van der Waals surface area contributed by atoms with Crippen LogP contribution in [0.25, 0.3) is 0 Å². The van der Waals surface area contributed by atoms with Gasteiger partial charge in [0.15, 0.2) is 4.21 Å². The minimum absolute atomic E-state index is 0.0550. The number of hydrogen-bond donors (Lipinski definition) is 1. The highest BCUT2D eigenvalue weighted by atomic mass is 32.2. The Hall–Kier alpha value is -3.17. The van der Waals surface area contributed by atoms with Crippen molar-refractivity contribution in [1.29, 1.82) is 0 Å². The summed E-state index contributed by atoms with van der Waals surface area (Å²) in [6.45, 7) is 4.50. The molecule has 1 N–H and O–H groups in total. The number of thiophene rings is 1. The average molecular weight is 485 g/mol. The van der Waals surface area contributed by atoms with Crippen molar-refractivity contribution in [3.05, 3.63) is 81.2 Å². The third-order valence-corrected chi connectivity index (χ3v) is 8.56. The number of nitrogens with one attached hydrogen (secondary N) is 1. The van der Waals surface area contributed by atoms with Crippen molar-refractivity contribution in [2.45, 2.75) is 31.0 Å². The maximum Gasteiger partial charge on any atom is 0.340 e. The number of para-hydroxylation sites is 1. The van der Waals surface area contributed by atoms with Crippen molar-refractivity contribution in [2.24, 2.45) is 0 Å². The molecule has 0 saturated carbocycles. The zero-order valence-electron chi connectivity index (χ0n) is 18.5. The number of methoxy groups -OCH3 is 1. The number of hydrogen-bond acceptors (Lipinski definition) is 6. The smallest absolute Gasteiger partial charge is 0.340 e. The fourth-order valence-electron chi connectivity index (χ4n) is 4.04. The largest absolute Gasteiger partial charge is 0.465 e. The van der Waals surface area contributed by atoms with E-state index in [9.17, 15) is 18.0 Å². The molecule has 2 aromatic carbocycles. The number of rotatable bonds is 5. The average Bonchev–Trinajstić information content (AvgIpc) is 3.17. The molecule has 33 heavy (non-hydrogen) atoms. The van der Waals surface area contributed by atoms with Gasteiger partial charge in [0.05, 0.1) is 19.2 Å². The van der Waals surface area contributed by atoms with Gasteiger partial charge in [-0.15, -0.1) is 11.3 Å². The van der Waals surface area contributed by atoms with E-state index in [-0.39, 0.29) is 22.2 Å². The topological polar surface area (TPSA) is 92.8 Å². The molecule has 1 aromatic heterocycles. The first-order valence-corrected chi connectivity index (χ1v) is 12.7. The van der Waals surface area contributed by atoms with E-state index in [1.54, 1.807) is 35.2 Å². The van der Waals surface area contributed by atoms with Gasteiger partial charge in [0.25, 0.3) is 15.9 Å². The van der Waals surface area contributed by atoms with Crippen LogP contribution in [0.1, 0.15) is 42.3 Å². The fourth-order valence-corrected chi connectivity index (χ4v) is 7.00. The van der Waals surface area contributed by atoms with Crippen LogP contribution in [0.2, 0.25) is 0 Å². The second kappa shape index (κ2) is 8.99. The molecule has 1 aliphatic heterocycles. The molecule has 4 rings (SSSR count). The summed E-state index contributed by atoms with van der Waals surface area (Å²) in [5.41, 5.74) is 3.68. The molecule has 1 aliphatic rings. The second-order valence-corrected chi connectivity index (χ2v) is 11.0. The monoisotopic (exact) mass is 484 g/mol. The summed E-state index contributed by atoms with van der Waals surface area (Å²) in [4.78, 5) is 28.1. The SMILES string of the molecule is COC(=O)c1c(S(=O)(=O)Nc2ccccc2)sc2c1CCN(C(=O)c1cc(C)cc(C)c1)C2. The molecule has 0 radical (unpaired) electrons. The number of benzene rings is 2. The van der Waals surface area contributed by atoms with Crippen LogP contribution >= 0.6 is 11.3 Å². The summed E-state index contributed by atoms with van der Waals surface area (Å²) in [6, 6.07) is 14.2. The highest BCUT2D eigenvalue weighted by Gasteiger charge is 2.35. The fraction of sp³-hybridized carbons (Fsp3) is 0.250. The summed E-state index contributed by atoms with van der Waals surface area (Å²) in [5, 5.41) is 0. The Bertz CT molecular complexity index is 1310. The number of nitrogens with zero attached hydrogens (tertiary/aromatic N) is 1. The van der Waals surface area contributed by atoms with Crippen LogP contribution in [-0.2, 0) is 27.7 Å². The standard InChI is InChI=1S/C24H24N2O5S2/c1-15-11-16(2)13-17(12-15)22(27)26-10-9-19-20(14-26)32-24(21(19)23(28)31-3)33(29,30)25-18-7-5-4-6-8-18/h4-8,11-13,25H,9-10,14H2,1-3H3. The maximum atomic E-state index is 13.2. The lowest BCUT2D eigenvalue weighted by atomic mass is 10.0. The van der Waals surface area contributed by atoms with Crippen molar-refractivity contribution >= 4 is 38.9 Å². The van der Waals surface area contributed by atoms with Gasteiger partial charge in [0, 0.05) is 22.7 Å². The molecule has 0 atom stereocenters. The highest BCUT2D eigenvalue weighted by Crippen LogP contribution is 2.37. The minimum atomic E-state index is -4.03. The number of sulfonamides is 1. The molecular formula is C24H24N2O5S2. The summed E-state index contributed by atoms with van der Waals surface area (Å²) in [6.07, 6.45) is 0.369. The van der Waals surface area contributed by atoms with Crippen molar-refractivity contribution < 1.29 is 22.7 Å². The molecule has 0 bridgehead atoms. The van der Waals surface area contributed by atoms with Crippen molar-refractivity contribution in [3.63, 3.8) is 0 Å². The van der Waals surface area contributed by atoms with Crippen molar-refractivity contribution in [1.82, 2.24) is 4.90 Å². The van der Waals surface area contributed by atoms with Crippen molar-refractivity contribution in [3.8, 4) is 0 Å². The first kappa shape index (κ1) is 23.0. The number of esters is 1. The lowest BCUT2D eigenvalue weighted by Crippen LogP contribution is -2.35. The summed E-state index contributed by atoms with van der Waals surface area (Å²) in [7, 11) is -2.80. The second-order valence-electron chi connectivity index (χ2n) is 7.98. The van der Waals surface area contributed by atoms with Gasteiger partial charge in [-0.3, -0.25) is 9.52 Å². The van der Waals surface area contributed by atoms with E-state index in [2.05, 4.69) is 4.72 Å². The minimum Gasteiger partial charge on any atom is -0.465 e. The van der Waals surface area contributed by atoms with Gasteiger partial charge in [-0.1, -0.05) is 35.4 Å². The summed E-state index contributed by atoms with van der Waals surface area (Å²) < 4.78 is 33.7. The van der Waals surface area contributed by atoms with Gasteiger partial charge in [-0.2, -0.15) is 0 Å². The third-order valence-electron chi connectivity index (χ3n) is 5.44. The van der Waals surface area contributed by atoms with Gasteiger partial charge in [-0.25, -0.2) is 13.2 Å². The van der Waals surface area contributed by atoms with E-state index in [4.69, 9.17) is 4.74 Å². The molecule has 1 amide bonds. The summed E-state index contributed by atoms with van der Waals surface area (Å²) >= 11 is 1.01. The first-order chi connectivity index (χ1) is 15.7. The number of aryl methyl sites for hydroxylation is 2. The number of fused-ring (bicyclic) bond motifs is 1. The van der Waals surface area contributed by atoms with Crippen LogP contribution in [0.4, 0.5) is 5.69 Å². The zero-order chi connectivity index (χ0) is 23.8. The predicted molar refractivity (Wildman–Crippen MR) is 127 cm³/mol. The molecule has 3 aromatic rings. The first-order valence-electron chi connectivity index (χ1n) is 10.4. The normalized spacial score (nSPS) is 13.4. The highest BCUT2D eigenvalue weighted by molar-refractivity contribution is 7.94. The molecule has 0 saturated heterocycles. The van der Waals surface area contributed by atoms with Crippen LogP contribution in [0.3, 0.4) is 0 Å². The Balaban J connectivity index is 1.69. The number of carbonyl (C=O) groups is 2. The quantitative estimate of drug-likeness (QED) is 0.549. The Kier molecular flexibility index (Phi) is 6.27. The predicted octanol–water partition coefficient (Wildman–Crippen LogP) is 4.15. The van der Waals surface area contributed by atoms with Crippen LogP contribution in [-0.4, -0.2) is 38.8 Å². The van der Waals surface area contributed by atoms with E-state index < -0.39 is 16.0 Å². The number of ether oxygens (including phenoxy) is 1. The molecule has 0 spiro atoms. The number of amides is 1. The van der Waals surface area contributed by atoms with E-state index in [0.29, 0.717) is 34.7 Å². The van der Waals surface area contributed by atoms with E-state index in [0.717, 1.165) is 22.5 Å². The lowest BCUT2D eigenvalue weighted by molar-refractivity contribution is 0.0595. The van der Waals surface area contributed by atoms with Gasteiger partial charge in [0.1, 0.15) is 0 Å². The maximum absolute atomic E-state index is 13.2. The molecule has 172 valence electrons. The van der Waals surface area contributed by atoms with Crippen LogP contribution in [0.15, 0.2) is 52.7 Å². The van der Waals surface area contributed by atoms with E-state index in [1.807, 2.05) is 32.0 Å². The molecule has 9 heteroatoms. The van der Waals surface area contributed by atoms with E-state index >= 15 is 0 Å². The zero-order valence-corrected chi connectivity index (χ0v) is 20.2. The van der Waals surface area contributed by atoms with E-state index in [1.165, 1.54) is 7.11 Å². The van der Waals surface area contributed by atoms with Crippen molar-refractivity contribution in [2.75, 3.05) is 18.4 Å². The Morgan fingerprint density at radius 3 is 2.36 bits per heavy atom. The molecule has 2 heterocycles. The summed E-state index contributed by atoms with van der Waals surface area (Å²) in [5.74, 6) is -0.817. The molecule has 0 aliphatic carbocycles. The third kappa shape index (κ3) is 4.65. The van der Waals surface area contributed by atoms with Gasteiger partial charge in [0.2, 0.25) is 0 Å². The molecule has 0 fully saturated rings.